The molecule has 1 aliphatic heterocycles. The van der Waals surface area contributed by atoms with E-state index in [-0.39, 0.29) is 6.61 Å². The van der Waals surface area contributed by atoms with Crippen LogP contribution in [-0.2, 0) is 14.3 Å². The lowest BCUT2D eigenvalue weighted by atomic mass is 9.99. The maximum Gasteiger partial charge on any atom is 0.249 e. The fourth-order valence-electron chi connectivity index (χ4n) is 6.51. The molecule has 10 heteroatoms. The van der Waals surface area contributed by atoms with Crippen LogP contribution in [0.2, 0.25) is 0 Å². The summed E-state index contributed by atoms with van der Waals surface area (Å²) in [6, 6.07) is -0.972. The van der Waals surface area contributed by atoms with Gasteiger partial charge in [-0.3, -0.25) is 4.79 Å². The Kier molecular flexibility index (Phi) is 29.5. The number of aliphatic hydroxyl groups excluding tert-OH is 6. The molecule has 3 unspecified atom stereocenters. The van der Waals surface area contributed by atoms with Gasteiger partial charge in [-0.25, -0.2) is 0 Å². The quantitative estimate of drug-likeness (QED) is 0.0302. The van der Waals surface area contributed by atoms with Crippen LogP contribution in [0.5, 0.6) is 0 Å². The first-order valence-electron chi connectivity index (χ1n) is 20.5. The van der Waals surface area contributed by atoms with Gasteiger partial charge in [-0.2, -0.15) is 0 Å². The molecule has 0 aliphatic carbocycles. The Balaban J connectivity index is 2.43. The minimum atomic E-state index is -1.60. The van der Waals surface area contributed by atoms with Crippen molar-refractivity contribution in [2.24, 2.45) is 0 Å². The van der Waals surface area contributed by atoms with Gasteiger partial charge in [-0.1, -0.05) is 167 Å². The molecule has 0 saturated carbocycles. The number of carbonyl (C=O) groups is 1. The standard InChI is InChI=1S/C40H77NO9/c1-3-5-7-9-11-13-14-15-16-17-18-19-21-23-25-27-29-34(44)39(48)41-32(33(43)28-26-24-22-20-12-10-8-6-4-2)31-49-40-38(47)37(46)36(45)35(30-42)50-40/h26,28,32-38,40,42-47H,3-25,27,29-31H2,1-2H3,(H,41,48)/b28-26+/t32-,33+,34?,35+,36+,37?,38?,40+/m0/s1. The van der Waals surface area contributed by atoms with Crippen LogP contribution in [0.3, 0.4) is 0 Å². The lowest BCUT2D eigenvalue weighted by molar-refractivity contribution is -0.302. The van der Waals surface area contributed by atoms with Crippen molar-refractivity contribution in [2.75, 3.05) is 13.2 Å². The van der Waals surface area contributed by atoms with Crippen LogP contribution >= 0.6 is 0 Å². The molecule has 296 valence electrons. The highest BCUT2D eigenvalue weighted by Crippen LogP contribution is 2.22. The minimum Gasteiger partial charge on any atom is -0.394 e. The monoisotopic (exact) mass is 716 g/mol. The summed E-state index contributed by atoms with van der Waals surface area (Å²) in [4.78, 5) is 12.9. The van der Waals surface area contributed by atoms with E-state index in [2.05, 4.69) is 19.2 Å². The topological polar surface area (TPSA) is 169 Å². The molecule has 0 aromatic rings. The van der Waals surface area contributed by atoms with Crippen molar-refractivity contribution in [1.82, 2.24) is 5.32 Å². The number of allylic oxidation sites excluding steroid dienone is 1. The summed E-state index contributed by atoms with van der Waals surface area (Å²) < 4.78 is 11.1. The second-order valence-electron chi connectivity index (χ2n) is 14.6. The van der Waals surface area contributed by atoms with E-state index in [1.54, 1.807) is 6.08 Å². The Morgan fingerprint density at radius 2 is 1.14 bits per heavy atom. The largest absolute Gasteiger partial charge is 0.394 e. The summed E-state index contributed by atoms with van der Waals surface area (Å²) in [5, 5.41) is 64.3. The molecule has 0 radical (unpaired) electrons. The Morgan fingerprint density at radius 3 is 1.62 bits per heavy atom. The van der Waals surface area contributed by atoms with Crippen LogP contribution < -0.4 is 5.32 Å². The van der Waals surface area contributed by atoms with Gasteiger partial charge in [0.1, 0.15) is 30.5 Å². The molecular weight excluding hydrogens is 638 g/mol. The summed E-state index contributed by atoms with van der Waals surface area (Å²) in [6.07, 6.45) is 23.1. The molecule has 8 atom stereocenters. The first-order chi connectivity index (χ1) is 24.3. The van der Waals surface area contributed by atoms with Crippen molar-refractivity contribution in [3.05, 3.63) is 12.2 Å². The first-order valence-corrected chi connectivity index (χ1v) is 20.5. The van der Waals surface area contributed by atoms with E-state index in [0.29, 0.717) is 6.42 Å². The van der Waals surface area contributed by atoms with Crippen LogP contribution in [0.1, 0.15) is 174 Å². The fourth-order valence-corrected chi connectivity index (χ4v) is 6.51. The molecule has 1 saturated heterocycles. The van der Waals surface area contributed by atoms with Crippen molar-refractivity contribution >= 4 is 5.91 Å². The van der Waals surface area contributed by atoms with Crippen LogP contribution in [0.4, 0.5) is 0 Å². The molecule has 1 aliphatic rings. The van der Waals surface area contributed by atoms with Crippen molar-refractivity contribution < 1.29 is 44.9 Å². The molecule has 0 aromatic carbocycles. The predicted molar refractivity (Wildman–Crippen MR) is 200 cm³/mol. The Labute approximate surface area is 304 Å². The summed E-state index contributed by atoms with van der Waals surface area (Å²) >= 11 is 0. The Hall–Kier alpha value is -1.11. The molecule has 0 aromatic heterocycles. The van der Waals surface area contributed by atoms with Crippen molar-refractivity contribution in [2.45, 2.75) is 223 Å². The number of hydrogen-bond acceptors (Lipinski definition) is 9. The van der Waals surface area contributed by atoms with E-state index in [1.165, 1.54) is 109 Å². The van der Waals surface area contributed by atoms with Crippen LogP contribution in [0.15, 0.2) is 12.2 Å². The zero-order valence-corrected chi connectivity index (χ0v) is 31.8. The van der Waals surface area contributed by atoms with Crippen molar-refractivity contribution in [1.29, 1.82) is 0 Å². The smallest absolute Gasteiger partial charge is 0.249 e. The number of ether oxygens (including phenoxy) is 2. The SMILES string of the molecule is CCCCCCCCC/C=C/[C@@H](O)[C@H](CO[C@@H]1O[C@H](CO)[C@@H](O)C(O)C1O)NC(=O)C(O)CCCCCCCCCCCCCCCCCC. The van der Waals surface area contributed by atoms with Gasteiger partial charge >= 0.3 is 0 Å². The molecule has 10 nitrogen and oxygen atoms in total. The molecule has 0 bridgehead atoms. The number of aliphatic hydroxyl groups is 6. The lowest BCUT2D eigenvalue weighted by Crippen LogP contribution is -2.60. The normalized spacial score (nSPS) is 22.9. The summed E-state index contributed by atoms with van der Waals surface area (Å²) in [7, 11) is 0. The van der Waals surface area contributed by atoms with Gasteiger partial charge in [0.2, 0.25) is 5.91 Å². The van der Waals surface area contributed by atoms with Crippen LogP contribution in [0, 0.1) is 0 Å². The molecule has 1 fully saturated rings. The van der Waals surface area contributed by atoms with E-state index in [9.17, 15) is 35.4 Å². The van der Waals surface area contributed by atoms with Gasteiger partial charge < -0.3 is 45.4 Å². The second kappa shape index (κ2) is 31.4. The molecule has 7 N–H and O–H groups in total. The summed E-state index contributed by atoms with van der Waals surface area (Å²) in [5.74, 6) is -0.618. The maximum absolute atomic E-state index is 12.9. The number of unbranched alkanes of at least 4 members (excludes halogenated alkanes) is 22. The van der Waals surface area contributed by atoms with Gasteiger partial charge in [0, 0.05) is 0 Å². The first kappa shape index (κ1) is 46.9. The zero-order valence-electron chi connectivity index (χ0n) is 31.8. The number of rotatable bonds is 33. The van der Waals surface area contributed by atoms with Crippen molar-refractivity contribution in [3.8, 4) is 0 Å². The lowest BCUT2D eigenvalue weighted by Gasteiger charge is -2.40. The second-order valence-corrected chi connectivity index (χ2v) is 14.6. The molecule has 1 heterocycles. The third-order valence-electron chi connectivity index (χ3n) is 9.97. The van der Waals surface area contributed by atoms with E-state index < -0.39 is 61.5 Å². The van der Waals surface area contributed by atoms with E-state index >= 15 is 0 Å². The zero-order chi connectivity index (χ0) is 36.8. The average molecular weight is 716 g/mol. The van der Waals surface area contributed by atoms with Crippen LogP contribution in [0.25, 0.3) is 0 Å². The Bertz CT molecular complexity index is 814. The summed E-state index contributed by atoms with van der Waals surface area (Å²) in [5.41, 5.74) is 0. The third-order valence-corrected chi connectivity index (χ3v) is 9.97. The molecule has 0 spiro atoms. The fraction of sp³-hybridized carbons (Fsp3) is 0.925. The number of carbonyl (C=O) groups excluding carboxylic acids is 1. The molecule has 1 amide bonds. The van der Waals surface area contributed by atoms with Gasteiger partial charge in [-0.15, -0.1) is 0 Å². The Morgan fingerprint density at radius 1 is 0.680 bits per heavy atom. The molecule has 1 rings (SSSR count). The van der Waals surface area contributed by atoms with Gasteiger partial charge in [0.05, 0.1) is 25.4 Å². The maximum atomic E-state index is 12.9. The highest BCUT2D eigenvalue weighted by Gasteiger charge is 2.44. The van der Waals surface area contributed by atoms with Gasteiger partial charge in [0.15, 0.2) is 6.29 Å². The third kappa shape index (κ3) is 22.1. The minimum absolute atomic E-state index is 0.302. The summed E-state index contributed by atoms with van der Waals surface area (Å²) in [6.45, 7) is 3.56. The molecule has 50 heavy (non-hydrogen) atoms. The highest BCUT2D eigenvalue weighted by atomic mass is 16.7. The average Bonchev–Trinajstić information content (AvgIpc) is 3.11. The predicted octanol–water partition coefficient (Wildman–Crippen LogP) is 6.36. The van der Waals surface area contributed by atoms with E-state index in [1.807, 2.05) is 6.08 Å². The number of amides is 1. The number of hydrogen-bond donors (Lipinski definition) is 7. The molecular formula is C40H77NO9. The van der Waals surface area contributed by atoms with Gasteiger partial charge in [0.25, 0.3) is 0 Å². The highest BCUT2D eigenvalue weighted by molar-refractivity contribution is 5.80. The number of nitrogens with one attached hydrogen (secondary N) is 1. The van der Waals surface area contributed by atoms with Gasteiger partial charge in [-0.05, 0) is 19.3 Å². The van der Waals surface area contributed by atoms with Crippen LogP contribution in [-0.4, -0.2) is 98.7 Å². The van der Waals surface area contributed by atoms with E-state index in [0.717, 1.165) is 44.9 Å². The van der Waals surface area contributed by atoms with E-state index in [4.69, 9.17) is 9.47 Å². The van der Waals surface area contributed by atoms with Crippen molar-refractivity contribution in [3.63, 3.8) is 0 Å².